The molecular weight excluding hydrogens is 282 g/mol. The monoisotopic (exact) mass is 309 g/mol. The van der Waals surface area contributed by atoms with Gasteiger partial charge in [0.25, 0.3) is 0 Å². The van der Waals surface area contributed by atoms with Crippen molar-refractivity contribution in [2.24, 2.45) is 0 Å². The Labute approximate surface area is 140 Å². The molecule has 0 fully saturated rings. The average Bonchev–Trinajstić information content (AvgIpc) is 2.58. The van der Waals surface area contributed by atoms with E-state index < -0.39 is 5.54 Å². The third-order valence-corrected chi connectivity index (χ3v) is 3.82. The van der Waals surface area contributed by atoms with Crippen molar-refractivity contribution in [3.8, 4) is 6.07 Å². The van der Waals surface area contributed by atoms with Gasteiger partial charge in [0, 0.05) is 18.8 Å². The molecule has 0 saturated heterocycles. The molecule has 0 bridgehead atoms. The van der Waals surface area contributed by atoms with E-state index in [1.54, 1.807) is 6.08 Å². The Morgan fingerprint density at radius 3 is 2.57 bits per heavy atom. The van der Waals surface area contributed by atoms with E-state index in [-0.39, 0.29) is 0 Å². The maximum Gasteiger partial charge on any atom is 0.123 e. The number of allylic oxidation sites excluding steroid dienone is 2. The van der Waals surface area contributed by atoms with E-state index in [9.17, 15) is 5.26 Å². The van der Waals surface area contributed by atoms with Gasteiger partial charge in [0.05, 0.1) is 6.07 Å². The molecule has 3 nitrogen and oxygen atoms in total. The molecule has 0 heterocycles. The summed E-state index contributed by atoms with van der Waals surface area (Å²) in [6.07, 6.45) is 6.35. The first-order valence-corrected chi connectivity index (χ1v) is 7.97. The summed E-state index contributed by atoms with van der Waals surface area (Å²) in [5.41, 5.74) is 1.51. The number of hydrogen-bond acceptors (Lipinski definition) is 3. The molecule has 1 rings (SSSR count). The average molecular weight is 309 g/mol. The van der Waals surface area contributed by atoms with Gasteiger partial charge in [0.2, 0.25) is 0 Å². The van der Waals surface area contributed by atoms with Crippen LogP contribution in [0.25, 0.3) is 0 Å². The molecular formula is C20H27N3. The van der Waals surface area contributed by atoms with Gasteiger partial charge in [-0.3, -0.25) is 4.90 Å². The molecule has 0 spiro atoms. The summed E-state index contributed by atoms with van der Waals surface area (Å²) in [7, 11) is 0. The van der Waals surface area contributed by atoms with Gasteiger partial charge in [-0.1, -0.05) is 56.5 Å². The van der Waals surface area contributed by atoms with Gasteiger partial charge < -0.3 is 5.32 Å². The summed E-state index contributed by atoms with van der Waals surface area (Å²) in [6.45, 7) is 14.2. The predicted octanol–water partition coefficient (Wildman–Crippen LogP) is 4.39. The van der Waals surface area contributed by atoms with E-state index in [0.29, 0.717) is 0 Å². The third kappa shape index (κ3) is 6.54. The fraction of sp³-hybridized carbons (Fsp3) is 0.350. The lowest BCUT2D eigenvalue weighted by atomic mass is 9.98. The molecule has 1 aromatic rings. The van der Waals surface area contributed by atoms with E-state index in [2.05, 4.69) is 36.4 Å². The number of benzene rings is 1. The zero-order valence-corrected chi connectivity index (χ0v) is 14.3. The van der Waals surface area contributed by atoms with Crippen molar-refractivity contribution in [1.82, 2.24) is 4.90 Å². The zero-order valence-electron chi connectivity index (χ0n) is 14.3. The first-order valence-electron chi connectivity index (χ1n) is 7.97. The number of hydrogen-bond donors (Lipinski definition) is 1. The van der Waals surface area contributed by atoms with E-state index in [1.165, 1.54) is 0 Å². The molecule has 0 aromatic heterocycles. The van der Waals surface area contributed by atoms with E-state index in [1.807, 2.05) is 49.4 Å². The topological polar surface area (TPSA) is 39.1 Å². The first kappa shape index (κ1) is 18.7. The second-order valence-electron chi connectivity index (χ2n) is 5.74. The van der Waals surface area contributed by atoms with Gasteiger partial charge in [-0.25, -0.2) is 0 Å². The van der Waals surface area contributed by atoms with Crippen LogP contribution in [0.1, 0.15) is 20.3 Å². The molecule has 23 heavy (non-hydrogen) atoms. The Balaban J connectivity index is 2.67. The number of likely N-dealkylation sites (N-methyl/N-ethyl adjacent to an activating group) is 1. The van der Waals surface area contributed by atoms with Crippen LogP contribution in [0.2, 0.25) is 0 Å². The van der Waals surface area contributed by atoms with Crippen molar-refractivity contribution in [2.75, 3.05) is 25.0 Å². The minimum atomic E-state index is -0.592. The van der Waals surface area contributed by atoms with E-state index in [4.69, 9.17) is 0 Å². The SMILES string of the molecule is C=C/C=C(\C=C)CN(CC)CCC(C)(C#N)Nc1ccccc1. The lowest BCUT2D eigenvalue weighted by Crippen LogP contribution is -2.38. The van der Waals surface area contributed by atoms with Crippen molar-refractivity contribution in [3.05, 3.63) is 67.3 Å². The van der Waals surface area contributed by atoms with Crippen LogP contribution in [0, 0.1) is 11.3 Å². The summed E-state index contributed by atoms with van der Waals surface area (Å²) < 4.78 is 0. The maximum absolute atomic E-state index is 9.57. The van der Waals surface area contributed by atoms with Crippen LogP contribution >= 0.6 is 0 Å². The van der Waals surface area contributed by atoms with Crippen LogP contribution in [0.4, 0.5) is 5.69 Å². The highest BCUT2D eigenvalue weighted by atomic mass is 15.1. The Hall–Kier alpha value is -2.31. The highest BCUT2D eigenvalue weighted by molar-refractivity contribution is 5.47. The van der Waals surface area contributed by atoms with Crippen LogP contribution in [0.3, 0.4) is 0 Å². The number of anilines is 1. The Morgan fingerprint density at radius 1 is 1.35 bits per heavy atom. The maximum atomic E-state index is 9.57. The Kier molecular flexibility index (Phi) is 7.87. The number of rotatable bonds is 10. The molecule has 1 atom stereocenters. The smallest absolute Gasteiger partial charge is 0.123 e. The fourth-order valence-corrected chi connectivity index (χ4v) is 2.31. The van der Waals surface area contributed by atoms with E-state index in [0.717, 1.165) is 37.3 Å². The van der Waals surface area contributed by atoms with Crippen molar-refractivity contribution in [3.63, 3.8) is 0 Å². The molecule has 1 N–H and O–H groups in total. The number of nitrogens with zero attached hydrogens (tertiary/aromatic N) is 2. The lowest BCUT2D eigenvalue weighted by molar-refractivity contribution is 0.295. The summed E-state index contributed by atoms with van der Waals surface area (Å²) in [5.74, 6) is 0. The summed E-state index contributed by atoms with van der Waals surface area (Å²) in [6, 6.07) is 12.3. The zero-order chi connectivity index (χ0) is 17.1. The lowest BCUT2D eigenvalue weighted by Gasteiger charge is -2.28. The number of para-hydroxylation sites is 1. The second-order valence-corrected chi connectivity index (χ2v) is 5.74. The molecule has 122 valence electrons. The molecule has 3 heteroatoms. The number of nitrogens with one attached hydrogen (secondary N) is 1. The van der Waals surface area contributed by atoms with Gasteiger partial charge >= 0.3 is 0 Å². The summed E-state index contributed by atoms with van der Waals surface area (Å²) >= 11 is 0. The van der Waals surface area contributed by atoms with Gasteiger partial charge in [0.1, 0.15) is 5.54 Å². The highest BCUT2D eigenvalue weighted by Crippen LogP contribution is 2.18. The molecule has 0 amide bonds. The molecule has 0 saturated carbocycles. The predicted molar refractivity (Wildman–Crippen MR) is 99.3 cm³/mol. The standard InChI is InChI=1S/C20H27N3/c1-5-11-18(6-2)16-23(7-3)15-14-20(4,17-21)22-19-12-9-8-10-13-19/h5-6,8-13,22H,1-2,7,14-16H2,3-4H3/b18-11+. The first-order chi connectivity index (χ1) is 11.1. The molecule has 0 radical (unpaired) electrons. The van der Waals surface area contributed by atoms with Crippen molar-refractivity contribution < 1.29 is 0 Å². The highest BCUT2D eigenvalue weighted by Gasteiger charge is 2.24. The third-order valence-electron chi connectivity index (χ3n) is 3.82. The Morgan fingerprint density at radius 2 is 2.04 bits per heavy atom. The minimum Gasteiger partial charge on any atom is -0.368 e. The van der Waals surface area contributed by atoms with E-state index >= 15 is 0 Å². The number of nitriles is 1. The van der Waals surface area contributed by atoms with Crippen LogP contribution < -0.4 is 5.32 Å². The van der Waals surface area contributed by atoms with Crippen LogP contribution in [0.15, 0.2) is 67.3 Å². The summed E-state index contributed by atoms with van der Waals surface area (Å²) in [5, 5.41) is 12.9. The molecule has 0 aliphatic heterocycles. The fourth-order valence-electron chi connectivity index (χ4n) is 2.31. The van der Waals surface area contributed by atoms with Gasteiger partial charge in [-0.05, 0) is 37.6 Å². The molecule has 1 unspecified atom stereocenters. The van der Waals surface area contributed by atoms with Crippen molar-refractivity contribution >= 4 is 5.69 Å². The van der Waals surface area contributed by atoms with Gasteiger partial charge in [-0.15, -0.1) is 0 Å². The van der Waals surface area contributed by atoms with Crippen LogP contribution in [0.5, 0.6) is 0 Å². The second kappa shape index (κ2) is 9.66. The summed E-state index contributed by atoms with van der Waals surface area (Å²) in [4.78, 5) is 2.30. The quantitative estimate of drug-likeness (QED) is 0.651. The van der Waals surface area contributed by atoms with Gasteiger partial charge in [0.15, 0.2) is 0 Å². The molecule has 0 aliphatic rings. The van der Waals surface area contributed by atoms with Crippen LogP contribution in [-0.2, 0) is 0 Å². The molecule has 0 aliphatic carbocycles. The largest absolute Gasteiger partial charge is 0.368 e. The van der Waals surface area contributed by atoms with Crippen molar-refractivity contribution in [2.45, 2.75) is 25.8 Å². The Bertz CT molecular complexity index is 568. The molecule has 1 aromatic carbocycles. The minimum absolute atomic E-state index is 0.592. The van der Waals surface area contributed by atoms with Gasteiger partial charge in [-0.2, -0.15) is 5.26 Å². The van der Waals surface area contributed by atoms with Crippen LogP contribution in [-0.4, -0.2) is 30.1 Å². The normalized spacial score (nSPS) is 13.9. The van der Waals surface area contributed by atoms with Crippen molar-refractivity contribution in [1.29, 1.82) is 5.26 Å².